The van der Waals surface area contributed by atoms with Gasteiger partial charge in [0.15, 0.2) is 37.9 Å². The molecule has 4 heteroatoms. The van der Waals surface area contributed by atoms with Crippen molar-refractivity contribution >= 4 is 0 Å². The molecule has 150 valence electrons. The number of aryl methyl sites for hydroxylation is 4. The number of hydrogen-bond acceptors (Lipinski definition) is 2. The monoisotopic (exact) mass is 398 g/mol. The molecule has 0 spiro atoms. The Kier molecular flexibility index (Phi) is 6.04. The van der Waals surface area contributed by atoms with E-state index in [-0.39, 0.29) is 0 Å². The first kappa shape index (κ1) is 19.6. The molecule has 0 bridgehead atoms. The zero-order chi connectivity index (χ0) is 20.8. The third-order valence-corrected chi connectivity index (χ3v) is 5.31. The first-order chi connectivity index (χ1) is 14.7. The number of rotatable bonds is 7. The maximum atomic E-state index is 9.37. The summed E-state index contributed by atoms with van der Waals surface area (Å²) in [6, 6.07) is 23.4. The zero-order valence-corrected chi connectivity index (χ0v) is 16.9. The van der Waals surface area contributed by atoms with Crippen LogP contribution in [0.3, 0.4) is 0 Å². The summed E-state index contributed by atoms with van der Waals surface area (Å²) in [5.41, 5.74) is 4.82. The van der Waals surface area contributed by atoms with Gasteiger partial charge in [0.25, 0.3) is 0 Å². The van der Waals surface area contributed by atoms with Crippen LogP contribution in [0.2, 0.25) is 0 Å². The SMILES string of the molecule is Oc1ccc(CC[n+]2ccc(-c3cc[n+](CCc4ccc(O)cc4)cc3)cc2)cc1. The lowest BCUT2D eigenvalue weighted by Gasteiger charge is -2.03. The molecule has 0 radical (unpaired) electrons. The second-order valence-electron chi connectivity index (χ2n) is 7.48. The van der Waals surface area contributed by atoms with Crippen LogP contribution in [0.1, 0.15) is 11.1 Å². The Morgan fingerprint density at radius 2 is 0.800 bits per heavy atom. The van der Waals surface area contributed by atoms with Crippen LogP contribution in [0.25, 0.3) is 11.1 Å². The third kappa shape index (κ3) is 5.23. The third-order valence-electron chi connectivity index (χ3n) is 5.31. The zero-order valence-electron chi connectivity index (χ0n) is 16.9. The topological polar surface area (TPSA) is 48.2 Å². The van der Waals surface area contributed by atoms with Gasteiger partial charge in [0.05, 0.1) is 0 Å². The maximum absolute atomic E-state index is 9.37. The van der Waals surface area contributed by atoms with Crippen molar-refractivity contribution in [3.63, 3.8) is 0 Å². The summed E-state index contributed by atoms with van der Waals surface area (Å²) in [5, 5.41) is 18.7. The Balaban J connectivity index is 1.33. The summed E-state index contributed by atoms with van der Waals surface area (Å²) in [6.45, 7) is 1.80. The maximum Gasteiger partial charge on any atom is 0.169 e. The quantitative estimate of drug-likeness (QED) is 0.465. The first-order valence-electron chi connectivity index (χ1n) is 10.2. The molecule has 30 heavy (non-hydrogen) atoms. The van der Waals surface area contributed by atoms with Gasteiger partial charge in [-0.2, -0.15) is 0 Å². The fourth-order valence-corrected chi connectivity index (χ4v) is 3.44. The van der Waals surface area contributed by atoms with Crippen LogP contribution in [-0.4, -0.2) is 10.2 Å². The predicted molar refractivity (Wildman–Crippen MR) is 116 cm³/mol. The Labute approximate surface area is 177 Å². The van der Waals surface area contributed by atoms with Gasteiger partial charge >= 0.3 is 0 Å². The van der Waals surface area contributed by atoms with Crippen molar-refractivity contribution in [1.29, 1.82) is 0 Å². The number of pyridine rings is 2. The number of hydrogen-bond donors (Lipinski definition) is 2. The highest BCUT2D eigenvalue weighted by atomic mass is 16.3. The molecule has 0 saturated heterocycles. The van der Waals surface area contributed by atoms with Gasteiger partial charge in [-0.25, -0.2) is 9.13 Å². The Hall–Kier alpha value is -3.66. The molecule has 0 aliphatic rings. The molecule has 0 aliphatic heterocycles. The molecule has 4 nitrogen and oxygen atoms in total. The minimum absolute atomic E-state index is 0.306. The number of aromatic hydroxyl groups is 2. The van der Waals surface area contributed by atoms with Gasteiger partial charge in [-0.05, 0) is 46.5 Å². The molecular weight excluding hydrogens is 372 g/mol. The van der Waals surface area contributed by atoms with E-state index < -0.39 is 0 Å². The number of nitrogens with zero attached hydrogens (tertiary/aromatic N) is 2. The predicted octanol–water partition coefficient (Wildman–Crippen LogP) is 3.83. The number of phenolic OH excluding ortho intramolecular Hbond substituents is 2. The normalized spacial score (nSPS) is 10.8. The highest BCUT2D eigenvalue weighted by Crippen LogP contribution is 2.16. The second-order valence-corrected chi connectivity index (χ2v) is 7.48. The van der Waals surface area contributed by atoms with Crippen LogP contribution < -0.4 is 9.13 Å². The fourth-order valence-electron chi connectivity index (χ4n) is 3.44. The summed E-state index contributed by atoms with van der Waals surface area (Å²) in [7, 11) is 0. The molecule has 0 amide bonds. The van der Waals surface area contributed by atoms with E-state index in [9.17, 15) is 10.2 Å². The summed E-state index contributed by atoms with van der Waals surface area (Å²) in [5.74, 6) is 0.612. The molecule has 2 heterocycles. The lowest BCUT2D eigenvalue weighted by atomic mass is 10.1. The average molecular weight is 399 g/mol. The molecular formula is C26H26N2O2+2. The standard InChI is InChI=1S/C26H24N2O2/c29-25-5-1-21(2-6-25)9-15-27-17-11-23(12-18-27)24-13-19-28(20-14-24)16-10-22-3-7-26(30)8-4-22/h1-8,11-14,17-20H,9-10,15-16H2/p+2. The second kappa shape index (κ2) is 9.23. The minimum atomic E-state index is 0.306. The molecule has 0 saturated carbocycles. The van der Waals surface area contributed by atoms with E-state index in [1.165, 1.54) is 22.3 Å². The van der Waals surface area contributed by atoms with Crippen molar-refractivity contribution in [3.05, 3.63) is 109 Å². The van der Waals surface area contributed by atoms with Gasteiger partial charge in [-0.15, -0.1) is 0 Å². The molecule has 0 unspecified atom stereocenters. The van der Waals surface area contributed by atoms with Crippen molar-refractivity contribution in [3.8, 4) is 22.6 Å². The fraction of sp³-hybridized carbons (Fsp3) is 0.154. The van der Waals surface area contributed by atoms with E-state index in [1.807, 2.05) is 24.3 Å². The number of aromatic nitrogens is 2. The van der Waals surface area contributed by atoms with Crippen molar-refractivity contribution < 1.29 is 19.3 Å². The summed E-state index contributed by atoms with van der Waals surface area (Å²) in [4.78, 5) is 0. The highest BCUT2D eigenvalue weighted by molar-refractivity contribution is 5.60. The molecule has 0 fully saturated rings. The Morgan fingerprint density at radius 3 is 1.13 bits per heavy atom. The van der Waals surface area contributed by atoms with E-state index in [1.54, 1.807) is 24.3 Å². The van der Waals surface area contributed by atoms with E-state index in [2.05, 4.69) is 58.2 Å². The van der Waals surface area contributed by atoms with E-state index in [0.29, 0.717) is 11.5 Å². The van der Waals surface area contributed by atoms with Gasteiger partial charge in [-0.1, -0.05) is 24.3 Å². The molecule has 2 N–H and O–H groups in total. The van der Waals surface area contributed by atoms with Crippen LogP contribution in [-0.2, 0) is 25.9 Å². The molecule has 0 atom stereocenters. The Morgan fingerprint density at radius 1 is 0.467 bits per heavy atom. The molecule has 4 aromatic rings. The van der Waals surface area contributed by atoms with Crippen molar-refractivity contribution in [2.75, 3.05) is 0 Å². The van der Waals surface area contributed by atoms with Crippen molar-refractivity contribution in [2.24, 2.45) is 0 Å². The summed E-state index contributed by atoms with van der Waals surface area (Å²) >= 11 is 0. The van der Waals surface area contributed by atoms with Gasteiger partial charge in [-0.3, -0.25) is 0 Å². The van der Waals surface area contributed by atoms with Gasteiger partial charge in [0.1, 0.15) is 11.5 Å². The lowest BCUT2D eigenvalue weighted by Crippen LogP contribution is -2.34. The van der Waals surface area contributed by atoms with E-state index in [4.69, 9.17) is 0 Å². The van der Waals surface area contributed by atoms with Gasteiger partial charge in [0.2, 0.25) is 0 Å². The van der Waals surface area contributed by atoms with Crippen molar-refractivity contribution in [1.82, 2.24) is 0 Å². The van der Waals surface area contributed by atoms with E-state index in [0.717, 1.165) is 25.9 Å². The molecule has 0 aliphatic carbocycles. The average Bonchev–Trinajstić information content (AvgIpc) is 2.79. The van der Waals surface area contributed by atoms with Crippen LogP contribution >= 0.6 is 0 Å². The number of benzene rings is 2. The van der Waals surface area contributed by atoms with Crippen molar-refractivity contribution in [2.45, 2.75) is 25.9 Å². The smallest absolute Gasteiger partial charge is 0.169 e. The van der Waals surface area contributed by atoms with Crippen LogP contribution in [0.15, 0.2) is 97.6 Å². The van der Waals surface area contributed by atoms with Gasteiger partial charge in [0, 0.05) is 37.1 Å². The van der Waals surface area contributed by atoms with Crippen LogP contribution in [0.4, 0.5) is 0 Å². The van der Waals surface area contributed by atoms with Crippen LogP contribution in [0, 0.1) is 0 Å². The molecule has 2 aromatic carbocycles. The Bertz CT molecular complexity index is 981. The lowest BCUT2D eigenvalue weighted by molar-refractivity contribution is -0.696. The first-order valence-corrected chi connectivity index (χ1v) is 10.2. The highest BCUT2D eigenvalue weighted by Gasteiger charge is 2.07. The summed E-state index contributed by atoms with van der Waals surface area (Å²) in [6.07, 6.45) is 10.3. The van der Waals surface area contributed by atoms with Crippen LogP contribution in [0.5, 0.6) is 11.5 Å². The molecule has 4 rings (SSSR count). The molecule has 2 aromatic heterocycles. The number of phenols is 2. The van der Waals surface area contributed by atoms with E-state index >= 15 is 0 Å². The van der Waals surface area contributed by atoms with Gasteiger partial charge < -0.3 is 10.2 Å². The minimum Gasteiger partial charge on any atom is -0.508 e. The largest absolute Gasteiger partial charge is 0.508 e. The summed E-state index contributed by atoms with van der Waals surface area (Å²) < 4.78 is 4.36.